The van der Waals surface area contributed by atoms with Crippen LogP contribution in [-0.2, 0) is 17.8 Å². The zero-order valence-electron chi connectivity index (χ0n) is 15.2. The van der Waals surface area contributed by atoms with Crippen LogP contribution in [0.15, 0.2) is 77.6 Å². The monoisotopic (exact) mass is 372 g/mol. The fourth-order valence-corrected chi connectivity index (χ4v) is 3.09. The van der Waals surface area contributed by atoms with Gasteiger partial charge in [0.25, 0.3) is 0 Å². The number of rotatable bonds is 6. The number of hydrogen-bond acceptors (Lipinski definition) is 5. The van der Waals surface area contributed by atoms with E-state index in [1.807, 2.05) is 54.6 Å². The Hall–Kier alpha value is -3.51. The third-order valence-electron chi connectivity index (χ3n) is 4.51. The molecule has 6 nitrogen and oxygen atoms in total. The van der Waals surface area contributed by atoms with E-state index in [1.54, 1.807) is 18.6 Å². The van der Waals surface area contributed by atoms with Gasteiger partial charge in [0, 0.05) is 36.1 Å². The van der Waals surface area contributed by atoms with Crippen molar-refractivity contribution in [2.24, 2.45) is 5.73 Å². The van der Waals surface area contributed by atoms with Crippen molar-refractivity contribution in [2.75, 3.05) is 0 Å². The second kappa shape index (κ2) is 8.02. The smallest absolute Gasteiger partial charge is 0.225 e. The van der Waals surface area contributed by atoms with Crippen LogP contribution in [0.1, 0.15) is 28.6 Å². The summed E-state index contributed by atoms with van der Waals surface area (Å²) in [7, 11) is 0. The van der Waals surface area contributed by atoms with Crippen LogP contribution >= 0.6 is 0 Å². The Labute approximate surface area is 162 Å². The maximum Gasteiger partial charge on any atom is 0.225 e. The second-order valence-electron chi connectivity index (χ2n) is 6.51. The minimum atomic E-state index is -0.426. The van der Waals surface area contributed by atoms with Gasteiger partial charge in [0.1, 0.15) is 17.4 Å². The summed E-state index contributed by atoms with van der Waals surface area (Å²) in [6, 6.07) is 16.8. The SMILES string of the molecule is NCc1ccc(CC(=O)NC(c2cccnc2)c2cc3ccccc3o2)cn1. The van der Waals surface area contributed by atoms with E-state index in [2.05, 4.69) is 15.3 Å². The van der Waals surface area contributed by atoms with E-state index in [0.29, 0.717) is 12.3 Å². The van der Waals surface area contributed by atoms with Gasteiger partial charge in [-0.25, -0.2) is 0 Å². The van der Waals surface area contributed by atoms with Crippen molar-refractivity contribution in [3.8, 4) is 0 Å². The summed E-state index contributed by atoms with van der Waals surface area (Å²) in [6.45, 7) is 0.377. The molecule has 0 fully saturated rings. The van der Waals surface area contributed by atoms with Gasteiger partial charge < -0.3 is 15.5 Å². The van der Waals surface area contributed by atoms with Crippen molar-refractivity contribution < 1.29 is 9.21 Å². The first-order valence-electron chi connectivity index (χ1n) is 9.04. The minimum absolute atomic E-state index is 0.128. The lowest BCUT2D eigenvalue weighted by atomic mass is 10.1. The second-order valence-corrected chi connectivity index (χ2v) is 6.51. The lowest BCUT2D eigenvalue weighted by molar-refractivity contribution is -0.121. The van der Waals surface area contributed by atoms with Crippen LogP contribution in [0.2, 0.25) is 0 Å². The predicted molar refractivity (Wildman–Crippen MR) is 106 cm³/mol. The van der Waals surface area contributed by atoms with Gasteiger partial charge in [-0.1, -0.05) is 30.3 Å². The van der Waals surface area contributed by atoms with Gasteiger partial charge in [0.2, 0.25) is 5.91 Å². The molecule has 3 aromatic heterocycles. The van der Waals surface area contributed by atoms with Crippen LogP contribution in [0.4, 0.5) is 0 Å². The average Bonchev–Trinajstić information content (AvgIpc) is 3.17. The van der Waals surface area contributed by atoms with Crippen molar-refractivity contribution in [3.05, 3.63) is 95.8 Å². The number of aromatic nitrogens is 2. The Morgan fingerprint density at radius 2 is 2.00 bits per heavy atom. The topological polar surface area (TPSA) is 94.0 Å². The summed E-state index contributed by atoms with van der Waals surface area (Å²) >= 11 is 0. The molecular weight excluding hydrogens is 352 g/mol. The van der Waals surface area contributed by atoms with Crippen LogP contribution in [0.5, 0.6) is 0 Å². The molecule has 0 spiro atoms. The number of carbonyl (C=O) groups is 1. The molecule has 1 aromatic carbocycles. The van der Waals surface area contributed by atoms with Gasteiger partial charge in [-0.3, -0.25) is 14.8 Å². The van der Waals surface area contributed by atoms with Gasteiger partial charge in [0.15, 0.2) is 0 Å². The van der Waals surface area contributed by atoms with Crippen LogP contribution in [0, 0.1) is 0 Å². The molecule has 28 heavy (non-hydrogen) atoms. The number of carbonyl (C=O) groups excluding carboxylic acids is 1. The number of para-hydroxylation sites is 1. The van der Waals surface area contributed by atoms with Crippen molar-refractivity contribution >= 4 is 16.9 Å². The van der Waals surface area contributed by atoms with Crippen LogP contribution in [-0.4, -0.2) is 15.9 Å². The number of amides is 1. The summed E-state index contributed by atoms with van der Waals surface area (Å²) in [5, 5.41) is 4.05. The molecule has 0 aliphatic heterocycles. The van der Waals surface area contributed by atoms with E-state index < -0.39 is 6.04 Å². The summed E-state index contributed by atoms with van der Waals surface area (Å²) in [5.74, 6) is 0.538. The maximum atomic E-state index is 12.7. The van der Waals surface area contributed by atoms with Gasteiger partial charge in [-0.05, 0) is 29.8 Å². The highest BCUT2D eigenvalue weighted by atomic mass is 16.3. The number of hydrogen-bond donors (Lipinski definition) is 2. The molecule has 3 heterocycles. The van der Waals surface area contributed by atoms with Gasteiger partial charge in [0.05, 0.1) is 12.1 Å². The molecule has 1 amide bonds. The largest absolute Gasteiger partial charge is 0.459 e. The molecule has 1 atom stereocenters. The first kappa shape index (κ1) is 17.9. The standard InChI is InChI=1S/C22H20N4O2/c23-12-18-8-7-15(13-25-18)10-21(27)26-22(17-5-3-9-24-14-17)20-11-16-4-1-2-6-19(16)28-20/h1-9,11,13-14,22H,10,12,23H2,(H,26,27). The Morgan fingerprint density at radius 3 is 2.71 bits per heavy atom. The molecular formula is C22H20N4O2. The van der Waals surface area contributed by atoms with Gasteiger partial charge in [-0.15, -0.1) is 0 Å². The predicted octanol–water partition coefficient (Wildman–Crippen LogP) is 3.13. The molecule has 4 aromatic rings. The third kappa shape index (κ3) is 3.92. The molecule has 3 N–H and O–H groups in total. The first-order chi connectivity index (χ1) is 13.7. The molecule has 0 saturated heterocycles. The Balaban J connectivity index is 1.59. The summed E-state index contributed by atoms with van der Waals surface area (Å²) in [6.07, 6.45) is 5.33. The molecule has 6 heteroatoms. The number of nitrogens with two attached hydrogens (primary N) is 1. The first-order valence-corrected chi connectivity index (χ1v) is 9.04. The maximum absolute atomic E-state index is 12.7. The van der Waals surface area contributed by atoms with E-state index in [4.69, 9.17) is 10.2 Å². The summed E-state index contributed by atoms with van der Waals surface area (Å²) < 4.78 is 6.00. The average molecular weight is 372 g/mol. The molecule has 0 radical (unpaired) electrons. The van der Waals surface area contributed by atoms with Crippen molar-refractivity contribution in [2.45, 2.75) is 19.0 Å². The van der Waals surface area contributed by atoms with E-state index in [0.717, 1.165) is 27.8 Å². The zero-order chi connectivity index (χ0) is 19.3. The third-order valence-corrected chi connectivity index (χ3v) is 4.51. The Morgan fingerprint density at radius 1 is 1.11 bits per heavy atom. The lowest BCUT2D eigenvalue weighted by Gasteiger charge is -2.17. The van der Waals surface area contributed by atoms with E-state index >= 15 is 0 Å². The molecule has 4 rings (SSSR count). The molecule has 1 unspecified atom stereocenters. The number of nitrogens with one attached hydrogen (secondary N) is 1. The number of pyridine rings is 2. The van der Waals surface area contributed by atoms with Crippen LogP contribution < -0.4 is 11.1 Å². The number of nitrogens with zero attached hydrogens (tertiary/aromatic N) is 2. The minimum Gasteiger partial charge on any atom is -0.459 e. The van der Waals surface area contributed by atoms with E-state index in [1.165, 1.54) is 0 Å². The molecule has 0 aliphatic carbocycles. The Bertz CT molecular complexity index is 1040. The summed E-state index contributed by atoms with van der Waals surface area (Å²) in [4.78, 5) is 21.1. The van der Waals surface area contributed by atoms with Gasteiger partial charge in [-0.2, -0.15) is 0 Å². The highest BCUT2D eigenvalue weighted by molar-refractivity contribution is 5.81. The van der Waals surface area contributed by atoms with Crippen molar-refractivity contribution in [1.82, 2.24) is 15.3 Å². The van der Waals surface area contributed by atoms with Crippen LogP contribution in [0.3, 0.4) is 0 Å². The number of furan rings is 1. The van der Waals surface area contributed by atoms with Crippen molar-refractivity contribution in [3.63, 3.8) is 0 Å². The molecule has 140 valence electrons. The molecule has 0 aliphatic rings. The van der Waals surface area contributed by atoms with Crippen LogP contribution in [0.25, 0.3) is 11.0 Å². The zero-order valence-corrected chi connectivity index (χ0v) is 15.2. The van der Waals surface area contributed by atoms with Gasteiger partial charge >= 0.3 is 0 Å². The normalized spacial score (nSPS) is 12.0. The number of benzene rings is 1. The quantitative estimate of drug-likeness (QED) is 0.542. The Kier molecular flexibility index (Phi) is 5.12. The van der Waals surface area contributed by atoms with E-state index in [9.17, 15) is 4.79 Å². The highest BCUT2D eigenvalue weighted by Gasteiger charge is 2.21. The fraction of sp³-hybridized carbons (Fsp3) is 0.136. The number of fused-ring (bicyclic) bond motifs is 1. The lowest BCUT2D eigenvalue weighted by Crippen LogP contribution is -2.30. The molecule has 0 bridgehead atoms. The van der Waals surface area contributed by atoms with E-state index in [-0.39, 0.29) is 12.3 Å². The highest BCUT2D eigenvalue weighted by Crippen LogP contribution is 2.28. The summed E-state index contributed by atoms with van der Waals surface area (Å²) in [5.41, 5.74) is 8.82. The fourth-order valence-electron chi connectivity index (χ4n) is 3.09. The van der Waals surface area contributed by atoms with Crippen molar-refractivity contribution in [1.29, 1.82) is 0 Å². The molecule has 0 saturated carbocycles.